The third kappa shape index (κ3) is 3.56. The molecule has 0 bridgehead atoms. The van der Waals surface area contributed by atoms with Gasteiger partial charge in [0.05, 0.1) is 0 Å². The van der Waals surface area contributed by atoms with Crippen molar-refractivity contribution in [2.75, 3.05) is 45.8 Å². The van der Waals surface area contributed by atoms with E-state index in [2.05, 4.69) is 9.69 Å². The van der Waals surface area contributed by atoms with E-state index in [0.29, 0.717) is 11.5 Å². The van der Waals surface area contributed by atoms with E-state index in [-0.39, 0.29) is 16.8 Å². The lowest BCUT2D eigenvalue weighted by Gasteiger charge is -2.20. The number of anilines is 2. The third-order valence-corrected chi connectivity index (χ3v) is 5.69. The maximum absolute atomic E-state index is 12.2. The number of hydrogen-bond acceptors (Lipinski definition) is 7. The minimum atomic E-state index is -3.58. The molecule has 1 atom stereocenters. The summed E-state index contributed by atoms with van der Waals surface area (Å²) in [7, 11) is 3.29. The summed E-state index contributed by atoms with van der Waals surface area (Å²) in [6.07, 6.45) is 0. The van der Waals surface area contributed by atoms with Crippen LogP contribution in [-0.2, 0) is 10.0 Å². The minimum absolute atomic E-state index is 0.0405. The molecule has 0 aliphatic heterocycles. The monoisotopic (exact) mass is 307 g/mol. The molecule has 0 spiro atoms. The Labute approximate surface area is 118 Å². The molecule has 1 aromatic rings. The molecule has 110 valence electrons. The van der Waals surface area contributed by atoms with Crippen LogP contribution in [0.1, 0.15) is 6.92 Å². The third-order valence-electron chi connectivity index (χ3n) is 2.85. The summed E-state index contributed by atoms with van der Waals surface area (Å²) in [5.74, 6) is 0.0405. The number of likely N-dealkylation sites (N-methyl/N-ethyl adjacent to an activating group) is 1. The average molecular weight is 307 g/mol. The Morgan fingerprint density at radius 1 is 1.37 bits per heavy atom. The molecule has 0 saturated carbocycles. The molecule has 0 saturated heterocycles. The Kier molecular flexibility index (Phi) is 5.13. The van der Waals surface area contributed by atoms with Crippen molar-refractivity contribution in [2.24, 2.45) is 0 Å². The fourth-order valence-corrected chi connectivity index (χ4v) is 3.34. The molecule has 1 aromatic heterocycles. The summed E-state index contributed by atoms with van der Waals surface area (Å²) in [5, 5.41) is 3.59. The first-order valence-corrected chi connectivity index (χ1v) is 7.97. The highest BCUT2D eigenvalue weighted by atomic mass is 32.2. The van der Waals surface area contributed by atoms with Gasteiger partial charge in [0.1, 0.15) is 5.00 Å². The van der Waals surface area contributed by atoms with Gasteiger partial charge in [-0.2, -0.15) is 4.37 Å². The smallest absolute Gasteiger partial charge is 0.249 e. The predicted octanol–water partition coefficient (Wildman–Crippen LogP) is 0.338. The van der Waals surface area contributed by atoms with Gasteiger partial charge in [-0.3, -0.25) is 0 Å². The maximum Gasteiger partial charge on any atom is 0.249 e. The summed E-state index contributed by atoms with van der Waals surface area (Å²) in [5.41, 5.74) is 5.67. The number of nitrogen functional groups attached to an aromatic ring is 1. The van der Waals surface area contributed by atoms with E-state index >= 15 is 0 Å². The van der Waals surface area contributed by atoms with Gasteiger partial charge >= 0.3 is 0 Å². The van der Waals surface area contributed by atoms with Crippen molar-refractivity contribution < 1.29 is 8.42 Å². The molecule has 19 heavy (non-hydrogen) atoms. The Balaban J connectivity index is 3.00. The highest BCUT2D eigenvalue weighted by Crippen LogP contribution is 2.32. The van der Waals surface area contributed by atoms with Gasteiger partial charge in [0.15, 0.2) is 10.7 Å². The van der Waals surface area contributed by atoms with Crippen molar-refractivity contribution in [3.05, 3.63) is 0 Å². The van der Waals surface area contributed by atoms with Crippen molar-refractivity contribution in [1.29, 1.82) is 0 Å². The van der Waals surface area contributed by atoms with Crippen LogP contribution in [0.2, 0.25) is 0 Å². The SMILES string of the molecule is CC(CNc1snc(N)c1S(=O)(=O)N(C)C)N(C)C. The highest BCUT2D eigenvalue weighted by Gasteiger charge is 2.27. The molecular weight excluding hydrogens is 286 g/mol. The fraction of sp³-hybridized carbons (Fsp3) is 0.700. The number of nitrogens with zero attached hydrogens (tertiary/aromatic N) is 3. The molecule has 0 fully saturated rings. The molecule has 3 N–H and O–H groups in total. The summed E-state index contributed by atoms with van der Waals surface area (Å²) >= 11 is 1.06. The van der Waals surface area contributed by atoms with Gasteiger partial charge in [-0.15, -0.1) is 0 Å². The van der Waals surface area contributed by atoms with Crippen LogP contribution >= 0.6 is 11.5 Å². The molecule has 1 heterocycles. The van der Waals surface area contributed by atoms with E-state index in [1.165, 1.54) is 14.1 Å². The summed E-state index contributed by atoms with van der Waals surface area (Å²) in [6.45, 7) is 2.65. The van der Waals surface area contributed by atoms with Gasteiger partial charge in [0, 0.05) is 26.7 Å². The zero-order valence-electron chi connectivity index (χ0n) is 11.8. The summed E-state index contributed by atoms with van der Waals surface area (Å²) in [6, 6.07) is 0.262. The standard InChI is InChI=1S/C10H21N5O2S2/c1-7(14(2)3)6-12-10-8(9(11)13-18-10)19(16,17)15(4)5/h7,12H,6H2,1-5H3,(H2,11,13). The number of nitrogens with one attached hydrogen (secondary N) is 1. The van der Waals surface area contributed by atoms with E-state index in [0.717, 1.165) is 15.8 Å². The Morgan fingerprint density at radius 3 is 2.42 bits per heavy atom. The average Bonchev–Trinajstić information content (AvgIpc) is 2.67. The van der Waals surface area contributed by atoms with Crippen LogP contribution in [-0.4, -0.2) is 62.8 Å². The van der Waals surface area contributed by atoms with E-state index in [4.69, 9.17) is 5.73 Å². The van der Waals surface area contributed by atoms with Gasteiger partial charge in [-0.1, -0.05) is 0 Å². The minimum Gasteiger partial charge on any atom is -0.382 e. The second kappa shape index (κ2) is 6.04. The van der Waals surface area contributed by atoms with E-state index in [9.17, 15) is 8.42 Å². The van der Waals surface area contributed by atoms with Gasteiger partial charge in [0.25, 0.3) is 0 Å². The Morgan fingerprint density at radius 2 is 1.95 bits per heavy atom. The van der Waals surface area contributed by atoms with Crippen molar-refractivity contribution in [1.82, 2.24) is 13.6 Å². The number of nitrogens with two attached hydrogens (primary N) is 1. The van der Waals surface area contributed by atoms with Crippen LogP contribution in [0, 0.1) is 0 Å². The summed E-state index contributed by atoms with van der Waals surface area (Å²) in [4.78, 5) is 2.10. The molecule has 0 aromatic carbocycles. The Bertz CT molecular complexity index is 524. The second-order valence-corrected chi connectivity index (χ2v) is 7.57. The predicted molar refractivity (Wildman–Crippen MR) is 79.0 cm³/mol. The van der Waals surface area contributed by atoms with Gasteiger partial charge in [-0.25, -0.2) is 12.7 Å². The first-order chi connectivity index (χ1) is 8.67. The first-order valence-electron chi connectivity index (χ1n) is 5.76. The number of rotatable bonds is 6. The molecule has 0 aliphatic rings. The number of sulfonamides is 1. The van der Waals surface area contributed by atoms with E-state index in [1.54, 1.807) is 0 Å². The molecule has 9 heteroatoms. The topological polar surface area (TPSA) is 91.6 Å². The molecule has 1 unspecified atom stereocenters. The molecule has 1 rings (SSSR count). The van der Waals surface area contributed by atoms with Crippen LogP contribution in [0.15, 0.2) is 4.90 Å². The first kappa shape index (κ1) is 16.2. The van der Waals surface area contributed by atoms with Gasteiger partial charge in [0.2, 0.25) is 10.0 Å². The largest absolute Gasteiger partial charge is 0.382 e. The number of aromatic nitrogens is 1. The van der Waals surface area contributed by atoms with Crippen LogP contribution in [0.5, 0.6) is 0 Å². The normalized spacial score (nSPS) is 14.1. The fourth-order valence-electron chi connectivity index (χ4n) is 1.26. The lowest BCUT2D eigenvalue weighted by molar-refractivity contribution is 0.326. The lowest BCUT2D eigenvalue weighted by atomic mass is 10.3. The van der Waals surface area contributed by atoms with Crippen LogP contribution in [0.3, 0.4) is 0 Å². The summed E-state index contributed by atoms with van der Waals surface area (Å²) < 4.78 is 29.4. The molecule has 0 amide bonds. The maximum atomic E-state index is 12.2. The zero-order valence-corrected chi connectivity index (χ0v) is 13.5. The van der Waals surface area contributed by atoms with Crippen LogP contribution in [0.4, 0.5) is 10.8 Å². The molecule has 0 aliphatic carbocycles. The number of hydrogen-bond donors (Lipinski definition) is 2. The van der Waals surface area contributed by atoms with Gasteiger partial charge in [-0.05, 0) is 32.6 Å². The lowest BCUT2D eigenvalue weighted by Crippen LogP contribution is -2.32. The van der Waals surface area contributed by atoms with Gasteiger partial charge < -0.3 is 16.0 Å². The molecule has 7 nitrogen and oxygen atoms in total. The van der Waals surface area contributed by atoms with E-state index < -0.39 is 10.0 Å². The van der Waals surface area contributed by atoms with Crippen molar-refractivity contribution >= 4 is 32.4 Å². The van der Waals surface area contributed by atoms with Crippen molar-refractivity contribution in [3.8, 4) is 0 Å². The van der Waals surface area contributed by atoms with Crippen molar-refractivity contribution in [3.63, 3.8) is 0 Å². The van der Waals surface area contributed by atoms with Crippen LogP contribution in [0.25, 0.3) is 0 Å². The quantitative estimate of drug-likeness (QED) is 0.787. The molecular formula is C10H21N5O2S2. The molecule has 0 radical (unpaired) electrons. The van der Waals surface area contributed by atoms with Crippen molar-refractivity contribution in [2.45, 2.75) is 17.9 Å². The Hall–Kier alpha value is -0.900. The van der Waals surface area contributed by atoms with E-state index in [1.807, 2.05) is 25.9 Å². The van der Waals surface area contributed by atoms with Crippen LogP contribution < -0.4 is 11.1 Å². The highest BCUT2D eigenvalue weighted by molar-refractivity contribution is 7.89. The zero-order chi connectivity index (χ0) is 14.8. The second-order valence-electron chi connectivity index (χ2n) is 4.71.